The standard InChI is InChI=1S/C21H20FN7O2S.C3H8/c1-11(6-7-23)8-17-27-20-19(32-17)13-9-24-29(21(31)18(13)28(20)3)10-15-14(22)4-5-16(26-15)25-12(2)30;1-3-2/h4-7,9H,1,8,10,23H2,2-3H3,(H,25,26,30);3H2,1-2H3/b7-6-;. The van der Waals surface area contributed by atoms with Gasteiger partial charge in [0.25, 0.3) is 5.56 Å². The number of rotatable bonds is 6. The number of hydrogen-bond acceptors (Lipinski definition) is 7. The fourth-order valence-corrected chi connectivity index (χ4v) is 4.56. The summed E-state index contributed by atoms with van der Waals surface area (Å²) in [7, 11) is 1.75. The van der Waals surface area contributed by atoms with Crippen LogP contribution in [0.15, 0.2) is 47.6 Å². The molecular formula is C24H28FN7O2S. The summed E-state index contributed by atoms with van der Waals surface area (Å²) in [5.74, 6) is -0.728. The minimum absolute atomic E-state index is 0.00639. The van der Waals surface area contributed by atoms with E-state index in [2.05, 4.69) is 40.8 Å². The van der Waals surface area contributed by atoms with E-state index >= 15 is 0 Å². The molecule has 35 heavy (non-hydrogen) atoms. The molecule has 11 heteroatoms. The lowest BCUT2D eigenvalue weighted by Crippen LogP contribution is -2.25. The van der Waals surface area contributed by atoms with Crippen LogP contribution in [0.5, 0.6) is 0 Å². The van der Waals surface area contributed by atoms with Crippen LogP contribution in [0.25, 0.3) is 21.3 Å². The number of halogens is 1. The molecule has 0 aliphatic carbocycles. The van der Waals surface area contributed by atoms with Crippen molar-refractivity contribution in [3.05, 3.63) is 69.6 Å². The predicted octanol–water partition coefficient (Wildman–Crippen LogP) is 3.87. The molecule has 3 N–H and O–H groups in total. The summed E-state index contributed by atoms with van der Waals surface area (Å²) >= 11 is 1.46. The molecule has 0 aliphatic rings. The Morgan fingerprint density at radius 3 is 2.69 bits per heavy atom. The van der Waals surface area contributed by atoms with Gasteiger partial charge in [-0.1, -0.05) is 26.8 Å². The fraction of sp³-hybridized carbons (Fsp3) is 0.292. The third-order valence-corrected chi connectivity index (χ3v) is 5.88. The third kappa shape index (κ3) is 5.62. The van der Waals surface area contributed by atoms with E-state index in [1.807, 2.05) is 0 Å². The van der Waals surface area contributed by atoms with Gasteiger partial charge in [-0.2, -0.15) is 5.10 Å². The molecule has 0 saturated carbocycles. The zero-order valence-electron chi connectivity index (χ0n) is 20.1. The number of carbonyl (C=O) groups is 1. The Labute approximate surface area is 205 Å². The second kappa shape index (κ2) is 11.0. The van der Waals surface area contributed by atoms with Crippen molar-refractivity contribution in [2.75, 3.05) is 5.32 Å². The van der Waals surface area contributed by atoms with E-state index in [9.17, 15) is 14.0 Å². The quantitative estimate of drug-likeness (QED) is 0.390. The van der Waals surface area contributed by atoms with Gasteiger partial charge in [0.15, 0.2) is 5.65 Å². The number of nitrogens with two attached hydrogens (primary N) is 1. The lowest BCUT2D eigenvalue weighted by molar-refractivity contribution is -0.114. The molecule has 0 aliphatic heterocycles. The highest BCUT2D eigenvalue weighted by molar-refractivity contribution is 7.19. The first kappa shape index (κ1) is 25.8. The highest BCUT2D eigenvalue weighted by Crippen LogP contribution is 2.31. The molecule has 0 radical (unpaired) electrons. The molecular weight excluding hydrogens is 469 g/mol. The number of hydrogen-bond donors (Lipinski definition) is 2. The van der Waals surface area contributed by atoms with Crippen molar-refractivity contribution in [1.82, 2.24) is 24.3 Å². The van der Waals surface area contributed by atoms with Gasteiger partial charge in [-0.05, 0) is 30.0 Å². The van der Waals surface area contributed by atoms with E-state index in [0.29, 0.717) is 23.0 Å². The van der Waals surface area contributed by atoms with Crippen molar-refractivity contribution in [2.24, 2.45) is 12.8 Å². The minimum atomic E-state index is -0.598. The maximum atomic E-state index is 14.3. The Morgan fingerprint density at radius 2 is 2.03 bits per heavy atom. The van der Waals surface area contributed by atoms with Crippen LogP contribution < -0.4 is 16.6 Å². The summed E-state index contributed by atoms with van der Waals surface area (Å²) in [5, 5.41) is 8.25. The summed E-state index contributed by atoms with van der Waals surface area (Å²) in [6, 6.07) is 2.54. The summed E-state index contributed by atoms with van der Waals surface area (Å²) in [6.07, 6.45) is 6.53. The molecule has 0 atom stereocenters. The number of nitrogens with zero attached hydrogens (tertiary/aromatic N) is 5. The first-order valence-corrected chi connectivity index (χ1v) is 11.8. The van der Waals surface area contributed by atoms with Gasteiger partial charge in [0.05, 0.1) is 17.4 Å². The zero-order valence-corrected chi connectivity index (χ0v) is 20.9. The number of anilines is 1. The maximum Gasteiger partial charge on any atom is 0.291 e. The molecule has 0 fully saturated rings. The smallest absolute Gasteiger partial charge is 0.291 e. The molecule has 4 aromatic rings. The number of allylic oxidation sites excluding steroid dienone is 2. The Hall–Kier alpha value is -3.86. The van der Waals surface area contributed by atoms with E-state index in [0.717, 1.165) is 20.0 Å². The van der Waals surface area contributed by atoms with Crippen LogP contribution in [0.4, 0.5) is 10.2 Å². The van der Waals surface area contributed by atoms with E-state index in [-0.39, 0.29) is 24.0 Å². The Bertz CT molecular complexity index is 1480. The van der Waals surface area contributed by atoms with Gasteiger partial charge in [0, 0.05) is 25.8 Å². The number of aromatic nitrogens is 5. The molecule has 0 unspecified atom stereocenters. The van der Waals surface area contributed by atoms with Crippen LogP contribution in [0.1, 0.15) is 37.9 Å². The molecule has 9 nitrogen and oxygen atoms in total. The normalized spacial score (nSPS) is 11.1. The average Bonchev–Trinajstić information content (AvgIpc) is 3.31. The van der Waals surface area contributed by atoms with Crippen LogP contribution in [0.3, 0.4) is 0 Å². The number of nitrogens with one attached hydrogen (secondary N) is 1. The first-order chi connectivity index (χ1) is 16.7. The van der Waals surface area contributed by atoms with Gasteiger partial charge in [-0.15, -0.1) is 11.3 Å². The van der Waals surface area contributed by atoms with Crippen molar-refractivity contribution in [1.29, 1.82) is 0 Å². The monoisotopic (exact) mass is 497 g/mol. The molecule has 184 valence electrons. The number of amides is 1. The molecule has 0 saturated heterocycles. The number of thiazole rings is 1. The molecule has 4 aromatic heterocycles. The topological polar surface area (TPSA) is 121 Å². The van der Waals surface area contributed by atoms with Crippen LogP contribution in [0.2, 0.25) is 0 Å². The van der Waals surface area contributed by atoms with E-state index < -0.39 is 11.4 Å². The van der Waals surface area contributed by atoms with Gasteiger partial charge in [0.2, 0.25) is 5.91 Å². The minimum Gasteiger partial charge on any atom is -0.405 e. The van der Waals surface area contributed by atoms with Crippen molar-refractivity contribution < 1.29 is 9.18 Å². The van der Waals surface area contributed by atoms with E-state index in [4.69, 9.17) is 5.73 Å². The van der Waals surface area contributed by atoms with Gasteiger partial charge in [0.1, 0.15) is 27.9 Å². The van der Waals surface area contributed by atoms with Crippen molar-refractivity contribution in [3.8, 4) is 0 Å². The van der Waals surface area contributed by atoms with Crippen LogP contribution in [-0.2, 0) is 24.8 Å². The molecule has 1 amide bonds. The number of fused-ring (bicyclic) bond motifs is 3. The van der Waals surface area contributed by atoms with E-state index in [1.165, 1.54) is 43.0 Å². The molecule has 4 rings (SSSR count). The molecule has 4 heterocycles. The highest BCUT2D eigenvalue weighted by Gasteiger charge is 2.19. The highest BCUT2D eigenvalue weighted by atomic mass is 32.1. The second-order valence-electron chi connectivity index (χ2n) is 7.90. The first-order valence-electron chi connectivity index (χ1n) is 11.0. The number of pyridine rings is 1. The predicted molar refractivity (Wildman–Crippen MR) is 138 cm³/mol. The average molecular weight is 498 g/mol. The second-order valence-corrected chi connectivity index (χ2v) is 8.98. The van der Waals surface area contributed by atoms with Gasteiger partial charge in [-0.3, -0.25) is 9.59 Å². The Kier molecular flexibility index (Phi) is 8.13. The van der Waals surface area contributed by atoms with Crippen molar-refractivity contribution in [3.63, 3.8) is 0 Å². The Morgan fingerprint density at radius 1 is 1.31 bits per heavy atom. The third-order valence-electron chi connectivity index (χ3n) is 4.80. The molecule has 0 bridgehead atoms. The lowest BCUT2D eigenvalue weighted by Gasteiger charge is -2.08. The SMILES string of the molecule is C=C(/C=C\N)Cc1nc2c(s1)c1cnn(Cc3nc(NC(C)=O)ccc3F)c(=O)c1n2C.CCC. The van der Waals surface area contributed by atoms with Gasteiger partial charge >= 0.3 is 0 Å². The summed E-state index contributed by atoms with van der Waals surface area (Å²) in [4.78, 5) is 33.1. The zero-order chi connectivity index (χ0) is 25.7. The van der Waals surface area contributed by atoms with Crippen LogP contribution in [-0.4, -0.2) is 30.2 Å². The van der Waals surface area contributed by atoms with Crippen LogP contribution >= 0.6 is 11.3 Å². The van der Waals surface area contributed by atoms with E-state index in [1.54, 1.807) is 23.9 Å². The van der Waals surface area contributed by atoms with Gasteiger partial charge in [-0.25, -0.2) is 19.0 Å². The summed E-state index contributed by atoms with van der Waals surface area (Å²) in [5.41, 5.74) is 6.92. The van der Waals surface area contributed by atoms with Gasteiger partial charge < -0.3 is 15.6 Å². The lowest BCUT2D eigenvalue weighted by atomic mass is 10.2. The number of carbonyl (C=O) groups excluding carboxylic acids is 1. The number of aryl methyl sites for hydroxylation is 1. The maximum absolute atomic E-state index is 14.3. The van der Waals surface area contributed by atoms with Crippen molar-refractivity contribution >= 4 is 44.3 Å². The molecule has 0 aromatic carbocycles. The molecule has 0 spiro atoms. The largest absolute Gasteiger partial charge is 0.405 e. The van der Waals surface area contributed by atoms with Crippen molar-refractivity contribution in [2.45, 2.75) is 40.2 Å². The fourth-order valence-electron chi connectivity index (χ4n) is 3.40. The summed E-state index contributed by atoms with van der Waals surface area (Å²) < 4.78 is 18.0. The Balaban J connectivity index is 0.00000108. The summed E-state index contributed by atoms with van der Waals surface area (Å²) in [6.45, 7) is 9.34. The van der Waals surface area contributed by atoms with Crippen LogP contribution in [0, 0.1) is 5.82 Å².